The van der Waals surface area contributed by atoms with E-state index in [4.69, 9.17) is 0 Å². The predicted molar refractivity (Wildman–Crippen MR) is 37.2 cm³/mol. The van der Waals surface area contributed by atoms with E-state index in [1.165, 1.54) is 0 Å². The van der Waals surface area contributed by atoms with Crippen molar-refractivity contribution in [2.24, 2.45) is 0 Å². The highest BCUT2D eigenvalue weighted by Crippen LogP contribution is 2.39. The smallest absolute Gasteiger partial charge is 0.0650 e. The molecule has 1 aliphatic rings. The number of rotatable bonds is 3. The lowest BCUT2D eigenvalue weighted by Crippen LogP contribution is -2.05. The molecule has 8 heavy (non-hydrogen) atoms. The molecule has 0 aromatic carbocycles. The average Bonchev–Trinajstić information content (AvgIpc) is 2.45. The van der Waals surface area contributed by atoms with Gasteiger partial charge in [0.05, 0.1) is 5.60 Å². The molecule has 1 saturated carbocycles. The molecule has 1 aliphatic carbocycles. The first-order chi connectivity index (χ1) is 3.77. The fraction of sp³-hybridized carbons (Fsp3) is 1.00. The average molecular weight is 179 g/mol. The summed E-state index contributed by atoms with van der Waals surface area (Å²) >= 11 is 3.32. The maximum absolute atomic E-state index is 9.24. The minimum Gasteiger partial charge on any atom is -0.390 e. The monoisotopic (exact) mass is 178 g/mol. The van der Waals surface area contributed by atoms with Gasteiger partial charge >= 0.3 is 0 Å². The minimum absolute atomic E-state index is 0.228. The van der Waals surface area contributed by atoms with Gasteiger partial charge in [-0.2, -0.15) is 0 Å². The summed E-state index contributed by atoms with van der Waals surface area (Å²) < 4.78 is 0. The Hall–Kier alpha value is 0.440. The zero-order valence-corrected chi connectivity index (χ0v) is 6.45. The van der Waals surface area contributed by atoms with Gasteiger partial charge in [0.1, 0.15) is 0 Å². The second-order valence-corrected chi connectivity index (χ2v) is 3.31. The van der Waals surface area contributed by atoms with Gasteiger partial charge in [-0.05, 0) is 25.7 Å². The topological polar surface area (TPSA) is 20.2 Å². The Morgan fingerprint density at radius 3 is 2.50 bits per heavy atom. The lowest BCUT2D eigenvalue weighted by atomic mass is 10.2. The molecule has 48 valence electrons. The molecule has 0 aliphatic heterocycles. The van der Waals surface area contributed by atoms with Crippen molar-refractivity contribution in [3.63, 3.8) is 0 Å². The molecule has 1 nitrogen and oxygen atoms in total. The summed E-state index contributed by atoms with van der Waals surface area (Å²) in [6.45, 7) is 0. The summed E-state index contributed by atoms with van der Waals surface area (Å²) in [4.78, 5) is 0. The molecule has 2 heteroatoms. The van der Waals surface area contributed by atoms with Crippen LogP contribution in [0.15, 0.2) is 0 Å². The first-order valence-electron chi connectivity index (χ1n) is 3.05. The zero-order chi connectivity index (χ0) is 6.04. The number of aliphatic hydroxyl groups is 1. The van der Waals surface area contributed by atoms with Crippen molar-refractivity contribution in [3.05, 3.63) is 0 Å². The molecule has 1 N–H and O–H groups in total. The van der Waals surface area contributed by atoms with E-state index in [1.54, 1.807) is 0 Å². The number of halogens is 1. The highest BCUT2D eigenvalue weighted by atomic mass is 79.9. The molecular formula is C6H11BrO. The van der Waals surface area contributed by atoms with Crippen LogP contribution in [0.5, 0.6) is 0 Å². The molecule has 0 heterocycles. The molecule has 0 unspecified atom stereocenters. The van der Waals surface area contributed by atoms with Gasteiger partial charge in [0.15, 0.2) is 0 Å². The summed E-state index contributed by atoms with van der Waals surface area (Å²) in [5, 5.41) is 10.3. The van der Waals surface area contributed by atoms with Crippen LogP contribution in [0.4, 0.5) is 0 Å². The fourth-order valence-electron chi connectivity index (χ4n) is 0.790. The maximum atomic E-state index is 9.24. The first kappa shape index (κ1) is 6.56. The highest BCUT2D eigenvalue weighted by Gasteiger charge is 2.38. The highest BCUT2D eigenvalue weighted by molar-refractivity contribution is 9.09. The normalized spacial score (nSPS) is 23.2. The third-order valence-electron chi connectivity index (χ3n) is 1.60. The Morgan fingerprint density at radius 2 is 2.12 bits per heavy atom. The molecule has 1 fully saturated rings. The first-order valence-corrected chi connectivity index (χ1v) is 4.17. The molecule has 0 radical (unpaired) electrons. The van der Waals surface area contributed by atoms with E-state index in [1.807, 2.05) is 0 Å². The van der Waals surface area contributed by atoms with Gasteiger partial charge in [0, 0.05) is 5.33 Å². The molecule has 0 atom stereocenters. The van der Waals surface area contributed by atoms with Crippen LogP contribution in [-0.4, -0.2) is 16.0 Å². The Bertz CT molecular complexity index is 78.6. The van der Waals surface area contributed by atoms with Crippen molar-refractivity contribution in [2.75, 3.05) is 5.33 Å². The molecule has 0 bridgehead atoms. The second-order valence-electron chi connectivity index (χ2n) is 2.52. The van der Waals surface area contributed by atoms with Crippen molar-refractivity contribution in [1.82, 2.24) is 0 Å². The number of hydrogen-bond acceptors (Lipinski definition) is 1. The van der Waals surface area contributed by atoms with Gasteiger partial charge in [0.2, 0.25) is 0 Å². The SMILES string of the molecule is OC1(CCCBr)CC1. The molecule has 0 aromatic heterocycles. The Balaban J connectivity index is 2.01. The van der Waals surface area contributed by atoms with Crippen LogP contribution in [0.3, 0.4) is 0 Å². The Morgan fingerprint density at radius 1 is 1.50 bits per heavy atom. The van der Waals surface area contributed by atoms with Gasteiger partial charge in [-0.3, -0.25) is 0 Å². The van der Waals surface area contributed by atoms with Crippen molar-refractivity contribution < 1.29 is 5.11 Å². The zero-order valence-electron chi connectivity index (χ0n) is 4.86. The molecular weight excluding hydrogens is 168 g/mol. The van der Waals surface area contributed by atoms with Gasteiger partial charge in [0.25, 0.3) is 0 Å². The lowest BCUT2D eigenvalue weighted by Gasteiger charge is -2.02. The summed E-state index contributed by atoms with van der Waals surface area (Å²) in [6.07, 6.45) is 4.15. The largest absolute Gasteiger partial charge is 0.390 e. The van der Waals surface area contributed by atoms with Crippen LogP contribution in [0.2, 0.25) is 0 Å². The number of alkyl halides is 1. The van der Waals surface area contributed by atoms with E-state index in [0.29, 0.717) is 0 Å². The standard InChI is InChI=1S/C6H11BrO/c7-5-1-2-6(8)3-4-6/h8H,1-5H2. The van der Waals surface area contributed by atoms with Gasteiger partial charge in [-0.15, -0.1) is 0 Å². The predicted octanol–water partition coefficient (Wildman–Crippen LogP) is 1.69. The van der Waals surface area contributed by atoms with E-state index < -0.39 is 0 Å². The summed E-state index contributed by atoms with van der Waals surface area (Å²) in [6, 6.07) is 0. The molecule has 0 amide bonds. The Labute approximate surface area is 58.2 Å². The van der Waals surface area contributed by atoms with E-state index in [9.17, 15) is 5.11 Å². The van der Waals surface area contributed by atoms with Crippen LogP contribution in [-0.2, 0) is 0 Å². The van der Waals surface area contributed by atoms with Crippen molar-refractivity contribution in [3.8, 4) is 0 Å². The summed E-state index contributed by atoms with van der Waals surface area (Å²) in [7, 11) is 0. The van der Waals surface area contributed by atoms with E-state index in [-0.39, 0.29) is 5.60 Å². The maximum Gasteiger partial charge on any atom is 0.0650 e. The summed E-state index contributed by atoms with van der Waals surface area (Å²) in [5.41, 5.74) is -0.228. The van der Waals surface area contributed by atoms with E-state index in [0.717, 1.165) is 31.0 Å². The van der Waals surface area contributed by atoms with Crippen molar-refractivity contribution in [1.29, 1.82) is 0 Å². The minimum atomic E-state index is -0.228. The molecule has 0 saturated heterocycles. The Kier molecular flexibility index (Phi) is 1.93. The van der Waals surface area contributed by atoms with Gasteiger partial charge in [-0.25, -0.2) is 0 Å². The van der Waals surface area contributed by atoms with Crippen LogP contribution in [0.1, 0.15) is 25.7 Å². The molecule has 1 rings (SSSR count). The van der Waals surface area contributed by atoms with Crippen molar-refractivity contribution in [2.45, 2.75) is 31.3 Å². The lowest BCUT2D eigenvalue weighted by molar-refractivity contribution is 0.139. The van der Waals surface area contributed by atoms with Crippen LogP contribution in [0, 0.1) is 0 Å². The second kappa shape index (κ2) is 2.36. The third-order valence-corrected chi connectivity index (χ3v) is 2.16. The van der Waals surface area contributed by atoms with Crippen LogP contribution < -0.4 is 0 Å². The van der Waals surface area contributed by atoms with Gasteiger partial charge in [-0.1, -0.05) is 15.9 Å². The van der Waals surface area contributed by atoms with Crippen LogP contribution in [0.25, 0.3) is 0 Å². The quantitative estimate of drug-likeness (QED) is 0.653. The summed E-state index contributed by atoms with van der Waals surface area (Å²) in [5.74, 6) is 0. The van der Waals surface area contributed by atoms with E-state index >= 15 is 0 Å². The molecule has 0 spiro atoms. The van der Waals surface area contributed by atoms with Crippen molar-refractivity contribution >= 4 is 15.9 Å². The van der Waals surface area contributed by atoms with Gasteiger partial charge < -0.3 is 5.11 Å². The van der Waals surface area contributed by atoms with E-state index in [2.05, 4.69) is 15.9 Å². The number of hydrogen-bond donors (Lipinski definition) is 1. The third kappa shape index (κ3) is 1.75. The molecule has 0 aromatic rings. The fourth-order valence-corrected chi connectivity index (χ4v) is 1.07. The van der Waals surface area contributed by atoms with Crippen LogP contribution >= 0.6 is 15.9 Å².